The molecule has 1 aliphatic carbocycles. The molecule has 1 aromatic carbocycles. The maximum Gasteiger partial charge on any atom is 0.125 e. The number of aliphatic hydroxyl groups is 1. The first-order valence-corrected chi connectivity index (χ1v) is 10.7. The highest BCUT2D eigenvalue weighted by Crippen LogP contribution is 2.53. The molecule has 0 radical (unpaired) electrons. The standard InChI is InChI=1S/C23H30N4O/c1-17-24-14-18(15-25-17)16-26-12-8-23(9-13-26)20-7-3-2-6-19(20)21(22(23)28)27-10-4-5-11-27/h2-3,6-7,14-15,21-22,28H,4-5,8-13,16H2,1H3/t21-,22+/m1/s1. The maximum atomic E-state index is 11.6. The van der Waals surface area contributed by atoms with Crippen LogP contribution < -0.4 is 0 Å². The summed E-state index contributed by atoms with van der Waals surface area (Å²) in [7, 11) is 0. The Bertz CT molecular complexity index is 823. The summed E-state index contributed by atoms with van der Waals surface area (Å²) in [6, 6.07) is 9.00. The quantitative estimate of drug-likeness (QED) is 0.890. The van der Waals surface area contributed by atoms with E-state index in [0.29, 0.717) is 0 Å². The van der Waals surface area contributed by atoms with Crippen molar-refractivity contribution in [1.29, 1.82) is 0 Å². The van der Waals surface area contributed by atoms with Crippen molar-refractivity contribution in [3.05, 3.63) is 59.2 Å². The highest BCUT2D eigenvalue weighted by molar-refractivity contribution is 5.45. The normalized spacial score (nSPS) is 27.4. The first-order valence-electron chi connectivity index (χ1n) is 10.7. The topological polar surface area (TPSA) is 52.5 Å². The number of hydrogen-bond donors (Lipinski definition) is 1. The SMILES string of the molecule is Cc1ncc(CN2CCC3(CC2)c2ccccc2[C@@H](N2CCCC2)[C@@H]3O)cn1. The average Bonchev–Trinajstić information content (AvgIpc) is 3.32. The molecule has 3 aliphatic rings. The lowest BCUT2D eigenvalue weighted by molar-refractivity contribution is -0.0104. The van der Waals surface area contributed by atoms with Crippen LogP contribution >= 0.6 is 0 Å². The Hall–Kier alpha value is -1.82. The Balaban J connectivity index is 1.36. The number of nitrogens with zero attached hydrogens (tertiary/aromatic N) is 4. The Morgan fingerprint density at radius 3 is 2.43 bits per heavy atom. The van der Waals surface area contributed by atoms with Gasteiger partial charge in [-0.05, 0) is 69.9 Å². The fourth-order valence-corrected chi connectivity index (χ4v) is 5.69. The molecular formula is C23H30N4O. The summed E-state index contributed by atoms with van der Waals surface area (Å²) < 4.78 is 0. The van der Waals surface area contributed by atoms with Crippen molar-refractivity contribution in [3.63, 3.8) is 0 Å². The number of aromatic nitrogens is 2. The predicted molar refractivity (Wildman–Crippen MR) is 109 cm³/mol. The Kier molecular flexibility index (Phi) is 4.69. The van der Waals surface area contributed by atoms with Crippen LogP contribution in [-0.4, -0.2) is 57.2 Å². The Morgan fingerprint density at radius 1 is 1.04 bits per heavy atom. The third-order valence-corrected chi connectivity index (χ3v) is 7.20. The largest absolute Gasteiger partial charge is 0.390 e. The van der Waals surface area contributed by atoms with E-state index in [-0.39, 0.29) is 17.6 Å². The van der Waals surface area contributed by atoms with Crippen molar-refractivity contribution in [2.45, 2.75) is 56.7 Å². The molecule has 0 amide bonds. The molecule has 0 unspecified atom stereocenters. The maximum absolute atomic E-state index is 11.6. The fourth-order valence-electron chi connectivity index (χ4n) is 5.69. The van der Waals surface area contributed by atoms with Gasteiger partial charge in [0.2, 0.25) is 0 Å². The van der Waals surface area contributed by atoms with Crippen LogP contribution in [0.2, 0.25) is 0 Å². The van der Waals surface area contributed by atoms with Gasteiger partial charge in [0.15, 0.2) is 0 Å². The summed E-state index contributed by atoms with van der Waals surface area (Å²) in [5, 5.41) is 11.6. The van der Waals surface area contributed by atoms with Gasteiger partial charge in [0.25, 0.3) is 0 Å². The molecule has 1 N–H and O–H groups in total. The number of likely N-dealkylation sites (tertiary alicyclic amines) is 2. The molecular weight excluding hydrogens is 348 g/mol. The van der Waals surface area contributed by atoms with E-state index in [4.69, 9.17) is 0 Å². The minimum Gasteiger partial charge on any atom is -0.390 e. The van der Waals surface area contributed by atoms with Gasteiger partial charge in [0.1, 0.15) is 5.82 Å². The van der Waals surface area contributed by atoms with Crippen LogP contribution in [0.5, 0.6) is 0 Å². The Labute approximate surface area is 167 Å². The van der Waals surface area contributed by atoms with E-state index in [2.05, 4.69) is 44.0 Å². The second-order valence-electron chi connectivity index (χ2n) is 8.79. The van der Waals surface area contributed by atoms with E-state index < -0.39 is 0 Å². The predicted octanol–water partition coefficient (Wildman–Crippen LogP) is 2.83. The van der Waals surface area contributed by atoms with Gasteiger partial charge in [0.05, 0.1) is 12.1 Å². The number of aliphatic hydroxyl groups excluding tert-OH is 1. The summed E-state index contributed by atoms with van der Waals surface area (Å²) in [5.41, 5.74) is 3.85. The van der Waals surface area contributed by atoms with Crippen LogP contribution in [0.1, 0.15) is 54.2 Å². The van der Waals surface area contributed by atoms with Gasteiger partial charge in [-0.15, -0.1) is 0 Å². The first kappa shape index (κ1) is 18.2. The molecule has 1 spiro atoms. The molecule has 5 nitrogen and oxygen atoms in total. The molecule has 2 aliphatic heterocycles. The van der Waals surface area contributed by atoms with E-state index in [1.807, 2.05) is 19.3 Å². The number of hydrogen-bond acceptors (Lipinski definition) is 5. The second-order valence-corrected chi connectivity index (χ2v) is 8.79. The third-order valence-electron chi connectivity index (χ3n) is 7.20. The van der Waals surface area contributed by atoms with Gasteiger partial charge in [-0.1, -0.05) is 24.3 Å². The number of rotatable bonds is 3. The molecule has 5 heteroatoms. The molecule has 2 saturated heterocycles. The molecule has 148 valence electrons. The van der Waals surface area contributed by atoms with E-state index in [9.17, 15) is 5.11 Å². The third kappa shape index (κ3) is 2.97. The molecule has 3 heterocycles. The minimum atomic E-state index is -0.298. The molecule has 28 heavy (non-hydrogen) atoms. The fraction of sp³-hybridized carbons (Fsp3) is 0.565. The zero-order valence-electron chi connectivity index (χ0n) is 16.7. The second kappa shape index (κ2) is 7.21. The van der Waals surface area contributed by atoms with Gasteiger partial charge >= 0.3 is 0 Å². The lowest BCUT2D eigenvalue weighted by Crippen LogP contribution is -2.49. The number of piperidine rings is 1. The van der Waals surface area contributed by atoms with Gasteiger partial charge in [0, 0.05) is 29.9 Å². The van der Waals surface area contributed by atoms with Gasteiger partial charge < -0.3 is 5.11 Å². The highest BCUT2D eigenvalue weighted by Gasteiger charge is 2.54. The minimum absolute atomic E-state index is 0.0931. The van der Waals surface area contributed by atoms with E-state index >= 15 is 0 Å². The molecule has 0 bridgehead atoms. The van der Waals surface area contributed by atoms with Crippen molar-refractivity contribution < 1.29 is 5.11 Å². The van der Waals surface area contributed by atoms with E-state index in [0.717, 1.165) is 51.4 Å². The summed E-state index contributed by atoms with van der Waals surface area (Å²) in [5.74, 6) is 0.819. The molecule has 2 fully saturated rings. The monoisotopic (exact) mass is 378 g/mol. The lowest BCUT2D eigenvalue weighted by atomic mass is 9.72. The van der Waals surface area contributed by atoms with Gasteiger partial charge in [-0.2, -0.15) is 0 Å². The number of fused-ring (bicyclic) bond motifs is 2. The van der Waals surface area contributed by atoms with Crippen LogP contribution in [-0.2, 0) is 12.0 Å². The van der Waals surface area contributed by atoms with Crippen molar-refractivity contribution in [2.75, 3.05) is 26.2 Å². The zero-order chi connectivity index (χ0) is 19.1. The Morgan fingerprint density at radius 2 is 1.71 bits per heavy atom. The van der Waals surface area contributed by atoms with Crippen LogP contribution in [0.15, 0.2) is 36.7 Å². The molecule has 5 rings (SSSR count). The van der Waals surface area contributed by atoms with Crippen molar-refractivity contribution in [1.82, 2.24) is 19.8 Å². The lowest BCUT2D eigenvalue weighted by Gasteiger charge is -2.43. The number of benzene rings is 1. The van der Waals surface area contributed by atoms with E-state index in [1.54, 1.807) is 0 Å². The van der Waals surface area contributed by atoms with Crippen LogP contribution in [0.3, 0.4) is 0 Å². The van der Waals surface area contributed by atoms with Crippen LogP contribution in [0.25, 0.3) is 0 Å². The smallest absolute Gasteiger partial charge is 0.125 e. The highest BCUT2D eigenvalue weighted by atomic mass is 16.3. The van der Waals surface area contributed by atoms with E-state index in [1.165, 1.54) is 29.5 Å². The van der Waals surface area contributed by atoms with Gasteiger partial charge in [-0.3, -0.25) is 9.80 Å². The summed E-state index contributed by atoms with van der Waals surface area (Å²) in [4.78, 5) is 13.7. The summed E-state index contributed by atoms with van der Waals surface area (Å²) in [6.07, 6.45) is 8.12. The van der Waals surface area contributed by atoms with Gasteiger partial charge in [-0.25, -0.2) is 9.97 Å². The van der Waals surface area contributed by atoms with Crippen molar-refractivity contribution in [2.24, 2.45) is 0 Å². The van der Waals surface area contributed by atoms with Crippen LogP contribution in [0.4, 0.5) is 0 Å². The average molecular weight is 379 g/mol. The molecule has 2 aromatic rings. The molecule has 0 saturated carbocycles. The molecule has 2 atom stereocenters. The number of aryl methyl sites for hydroxylation is 1. The van der Waals surface area contributed by atoms with Crippen LogP contribution in [0, 0.1) is 6.92 Å². The summed E-state index contributed by atoms with van der Waals surface area (Å²) >= 11 is 0. The summed E-state index contributed by atoms with van der Waals surface area (Å²) in [6.45, 7) is 7.06. The first-order chi connectivity index (χ1) is 13.7. The van der Waals surface area contributed by atoms with Crippen molar-refractivity contribution in [3.8, 4) is 0 Å². The molecule has 1 aromatic heterocycles. The zero-order valence-corrected chi connectivity index (χ0v) is 16.7. The van der Waals surface area contributed by atoms with Crippen molar-refractivity contribution >= 4 is 0 Å².